The second-order valence-electron chi connectivity index (χ2n) is 5.39. The Bertz CT molecular complexity index is 599. The van der Waals surface area contributed by atoms with Gasteiger partial charge in [0.15, 0.2) is 0 Å². The highest BCUT2D eigenvalue weighted by atomic mass is 32.2. The molecule has 0 saturated carbocycles. The predicted octanol–water partition coefficient (Wildman–Crippen LogP) is 0.898. The summed E-state index contributed by atoms with van der Waals surface area (Å²) in [6.07, 6.45) is 0. The standard InChI is InChI=1S/C14H23N3O3S/c1-9(2)16-14(18)11(4)17-10(3)12-6-5-7-13(8-12)21(15,19)20/h5-11,17H,1-4H3,(H,16,18)(H2,15,19,20). The molecule has 0 aliphatic rings. The number of carbonyl (C=O) groups excluding carboxylic acids is 1. The maximum absolute atomic E-state index is 11.9. The van der Waals surface area contributed by atoms with Crippen LogP contribution >= 0.6 is 0 Å². The number of hydrogen-bond acceptors (Lipinski definition) is 4. The van der Waals surface area contributed by atoms with Crippen LogP contribution in [0.1, 0.15) is 39.3 Å². The molecule has 7 heteroatoms. The Morgan fingerprint density at radius 1 is 1.19 bits per heavy atom. The Hall–Kier alpha value is -1.44. The van der Waals surface area contributed by atoms with Crippen molar-refractivity contribution in [1.29, 1.82) is 0 Å². The third-order valence-corrected chi connectivity index (χ3v) is 3.92. The molecule has 0 fully saturated rings. The van der Waals surface area contributed by atoms with Crippen LogP contribution in [0.5, 0.6) is 0 Å². The lowest BCUT2D eigenvalue weighted by Crippen LogP contribution is -2.45. The van der Waals surface area contributed by atoms with Crippen molar-refractivity contribution in [3.63, 3.8) is 0 Å². The lowest BCUT2D eigenvalue weighted by molar-refractivity contribution is -0.123. The third kappa shape index (κ3) is 5.45. The zero-order valence-electron chi connectivity index (χ0n) is 12.8. The molecular formula is C14H23N3O3S. The Morgan fingerprint density at radius 3 is 2.33 bits per heavy atom. The van der Waals surface area contributed by atoms with Crippen LogP contribution in [0, 0.1) is 0 Å². The summed E-state index contributed by atoms with van der Waals surface area (Å²) in [7, 11) is -3.73. The molecule has 0 heterocycles. The molecule has 0 aromatic heterocycles. The van der Waals surface area contributed by atoms with Crippen molar-refractivity contribution in [2.75, 3.05) is 0 Å². The molecule has 4 N–H and O–H groups in total. The minimum Gasteiger partial charge on any atom is -0.353 e. The number of amides is 1. The monoisotopic (exact) mass is 313 g/mol. The number of carbonyl (C=O) groups is 1. The van der Waals surface area contributed by atoms with Gasteiger partial charge in [0.2, 0.25) is 15.9 Å². The Morgan fingerprint density at radius 2 is 1.81 bits per heavy atom. The summed E-state index contributed by atoms with van der Waals surface area (Å²) in [5.41, 5.74) is 0.755. The van der Waals surface area contributed by atoms with E-state index in [1.807, 2.05) is 20.8 Å². The molecule has 6 nitrogen and oxygen atoms in total. The first-order valence-electron chi connectivity index (χ1n) is 6.80. The van der Waals surface area contributed by atoms with Gasteiger partial charge >= 0.3 is 0 Å². The van der Waals surface area contributed by atoms with Crippen LogP contribution in [-0.4, -0.2) is 26.4 Å². The van der Waals surface area contributed by atoms with Gasteiger partial charge in [0.1, 0.15) is 0 Å². The molecule has 1 amide bonds. The molecule has 0 aliphatic heterocycles. The maximum Gasteiger partial charge on any atom is 0.238 e. The van der Waals surface area contributed by atoms with Crippen molar-refractivity contribution < 1.29 is 13.2 Å². The zero-order valence-corrected chi connectivity index (χ0v) is 13.6. The van der Waals surface area contributed by atoms with Gasteiger partial charge in [-0.1, -0.05) is 12.1 Å². The van der Waals surface area contributed by atoms with E-state index >= 15 is 0 Å². The molecule has 1 rings (SSSR count). The van der Waals surface area contributed by atoms with Crippen LogP contribution in [0.3, 0.4) is 0 Å². The molecular weight excluding hydrogens is 290 g/mol. The maximum atomic E-state index is 11.9. The highest BCUT2D eigenvalue weighted by Crippen LogP contribution is 2.17. The van der Waals surface area contributed by atoms with Gasteiger partial charge < -0.3 is 5.32 Å². The van der Waals surface area contributed by atoms with Gasteiger partial charge in [0.05, 0.1) is 10.9 Å². The first-order valence-corrected chi connectivity index (χ1v) is 8.35. The molecule has 1 aromatic carbocycles. The number of rotatable bonds is 6. The summed E-state index contributed by atoms with van der Waals surface area (Å²) in [5.74, 6) is -0.0977. The van der Waals surface area contributed by atoms with Crippen molar-refractivity contribution in [2.45, 2.75) is 50.7 Å². The predicted molar refractivity (Wildman–Crippen MR) is 82.1 cm³/mol. The van der Waals surface area contributed by atoms with Crippen LogP contribution in [-0.2, 0) is 14.8 Å². The molecule has 0 saturated heterocycles. The zero-order chi connectivity index (χ0) is 16.2. The highest BCUT2D eigenvalue weighted by molar-refractivity contribution is 7.89. The molecule has 0 radical (unpaired) electrons. The molecule has 2 atom stereocenters. The van der Waals surface area contributed by atoms with Crippen molar-refractivity contribution in [2.24, 2.45) is 5.14 Å². The van der Waals surface area contributed by atoms with Crippen LogP contribution in [0.2, 0.25) is 0 Å². The summed E-state index contributed by atoms with van der Waals surface area (Å²) in [6.45, 7) is 7.41. The average Bonchev–Trinajstić information content (AvgIpc) is 2.37. The molecule has 1 aromatic rings. The number of nitrogens with one attached hydrogen (secondary N) is 2. The molecule has 0 spiro atoms. The SMILES string of the molecule is CC(C)NC(=O)C(C)NC(C)c1cccc(S(N)(=O)=O)c1. The summed E-state index contributed by atoms with van der Waals surface area (Å²) in [5, 5.41) is 11.1. The third-order valence-electron chi connectivity index (χ3n) is 3.01. The van der Waals surface area contributed by atoms with E-state index in [2.05, 4.69) is 10.6 Å². The Balaban J connectivity index is 2.80. The quantitative estimate of drug-likeness (QED) is 0.726. The fourth-order valence-corrected chi connectivity index (χ4v) is 2.49. The second-order valence-corrected chi connectivity index (χ2v) is 6.95. The summed E-state index contributed by atoms with van der Waals surface area (Å²) >= 11 is 0. The van der Waals surface area contributed by atoms with Crippen LogP contribution in [0.4, 0.5) is 0 Å². The van der Waals surface area contributed by atoms with Crippen LogP contribution in [0.25, 0.3) is 0 Å². The van der Waals surface area contributed by atoms with Crippen molar-refractivity contribution >= 4 is 15.9 Å². The minimum atomic E-state index is -3.73. The van der Waals surface area contributed by atoms with E-state index < -0.39 is 10.0 Å². The smallest absolute Gasteiger partial charge is 0.238 e. The first-order chi connectivity index (χ1) is 9.61. The fourth-order valence-electron chi connectivity index (χ4n) is 1.92. The molecule has 0 aliphatic carbocycles. The summed E-state index contributed by atoms with van der Waals surface area (Å²) in [4.78, 5) is 11.9. The van der Waals surface area contributed by atoms with Crippen LogP contribution < -0.4 is 15.8 Å². The van der Waals surface area contributed by atoms with Crippen LogP contribution in [0.15, 0.2) is 29.2 Å². The second kappa shape index (κ2) is 7.02. The van der Waals surface area contributed by atoms with Gasteiger partial charge in [0.25, 0.3) is 0 Å². The molecule has 118 valence electrons. The Kier molecular flexibility index (Phi) is 5.88. The van der Waals surface area contributed by atoms with E-state index in [0.29, 0.717) is 0 Å². The number of hydrogen-bond donors (Lipinski definition) is 3. The van der Waals surface area contributed by atoms with Gasteiger partial charge in [-0.15, -0.1) is 0 Å². The van der Waals surface area contributed by atoms with E-state index in [1.54, 1.807) is 19.1 Å². The van der Waals surface area contributed by atoms with Gasteiger partial charge in [-0.05, 0) is 45.4 Å². The minimum absolute atomic E-state index is 0.0629. The van der Waals surface area contributed by atoms with Gasteiger partial charge in [-0.25, -0.2) is 13.6 Å². The largest absolute Gasteiger partial charge is 0.353 e. The van der Waals surface area contributed by atoms with Gasteiger partial charge in [0, 0.05) is 12.1 Å². The van der Waals surface area contributed by atoms with E-state index in [1.165, 1.54) is 12.1 Å². The van der Waals surface area contributed by atoms with E-state index in [0.717, 1.165) is 5.56 Å². The summed E-state index contributed by atoms with van der Waals surface area (Å²) in [6, 6.07) is 5.88. The molecule has 2 unspecified atom stereocenters. The fraction of sp³-hybridized carbons (Fsp3) is 0.500. The number of nitrogens with two attached hydrogens (primary N) is 1. The van der Waals surface area contributed by atoms with Gasteiger partial charge in [-0.3, -0.25) is 10.1 Å². The topological polar surface area (TPSA) is 101 Å². The van der Waals surface area contributed by atoms with E-state index in [4.69, 9.17) is 5.14 Å². The van der Waals surface area contributed by atoms with E-state index in [-0.39, 0.29) is 28.9 Å². The number of primary sulfonamides is 1. The number of benzene rings is 1. The molecule has 21 heavy (non-hydrogen) atoms. The van der Waals surface area contributed by atoms with Crippen molar-refractivity contribution in [1.82, 2.24) is 10.6 Å². The van der Waals surface area contributed by atoms with Crippen molar-refractivity contribution in [3.05, 3.63) is 29.8 Å². The highest BCUT2D eigenvalue weighted by Gasteiger charge is 2.18. The Labute approximate surface area is 126 Å². The van der Waals surface area contributed by atoms with Gasteiger partial charge in [-0.2, -0.15) is 0 Å². The van der Waals surface area contributed by atoms with Crippen molar-refractivity contribution in [3.8, 4) is 0 Å². The first kappa shape index (κ1) is 17.6. The number of sulfonamides is 1. The average molecular weight is 313 g/mol. The molecule has 0 bridgehead atoms. The lowest BCUT2D eigenvalue weighted by Gasteiger charge is -2.21. The van der Waals surface area contributed by atoms with E-state index in [9.17, 15) is 13.2 Å². The lowest BCUT2D eigenvalue weighted by atomic mass is 10.1. The summed E-state index contributed by atoms with van der Waals surface area (Å²) < 4.78 is 22.7. The normalized spacial score (nSPS) is 14.8.